The summed E-state index contributed by atoms with van der Waals surface area (Å²) in [6, 6.07) is 0. The Morgan fingerprint density at radius 3 is 1.50 bits per heavy atom. The summed E-state index contributed by atoms with van der Waals surface area (Å²) in [5.41, 5.74) is 1.36. The molecule has 14 heavy (non-hydrogen) atoms. The third-order valence-corrected chi connectivity index (χ3v) is 2.19. The van der Waals surface area contributed by atoms with Crippen LogP contribution < -0.4 is 0 Å². The van der Waals surface area contributed by atoms with Crippen molar-refractivity contribution >= 4 is 0 Å². The molecule has 0 bridgehead atoms. The van der Waals surface area contributed by atoms with Crippen molar-refractivity contribution in [3.05, 3.63) is 23.8 Å². The number of hydrogen-bond acceptors (Lipinski definition) is 2. The minimum atomic E-state index is 0.0381. The summed E-state index contributed by atoms with van der Waals surface area (Å²) in [6.07, 6.45) is 3.88. The van der Waals surface area contributed by atoms with Crippen LogP contribution in [0.4, 0.5) is 0 Å². The molecule has 0 saturated heterocycles. The van der Waals surface area contributed by atoms with Crippen LogP contribution >= 0.6 is 0 Å². The molecule has 0 N–H and O–H groups in total. The molecule has 0 fully saturated rings. The number of hydrogen-bond donors (Lipinski definition) is 0. The Bertz CT molecular complexity index is 266. The first-order chi connectivity index (χ1) is 6.21. The zero-order valence-electron chi connectivity index (χ0n) is 10.0. The molecule has 0 aliphatic carbocycles. The lowest BCUT2D eigenvalue weighted by atomic mass is 9.89. The van der Waals surface area contributed by atoms with Crippen LogP contribution in [0.25, 0.3) is 0 Å². The molecule has 0 spiro atoms. The van der Waals surface area contributed by atoms with E-state index in [0.29, 0.717) is 0 Å². The summed E-state index contributed by atoms with van der Waals surface area (Å²) in [6.45, 7) is 12.9. The van der Waals surface area contributed by atoms with Crippen molar-refractivity contribution in [3.63, 3.8) is 0 Å². The first kappa shape index (κ1) is 11.2. The van der Waals surface area contributed by atoms with Gasteiger partial charge in [0.2, 0.25) is 0 Å². The lowest BCUT2D eigenvalue weighted by Gasteiger charge is -2.20. The average molecular weight is 192 g/mol. The van der Waals surface area contributed by atoms with Gasteiger partial charge in [0.05, 0.1) is 0 Å². The molecular formula is C12H20N2. The fourth-order valence-corrected chi connectivity index (χ4v) is 1.10. The van der Waals surface area contributed by atoms with Gasteiger partial charge in [0.25, 0.3) is 0 Å². The molecule has 0 radical (unpaired) electrons. The summed E-state index contributed by atoms with van der Waals surface area (Å²) < 4.78 is 0. The first-order valence-corrected chi connectivity index (χ1v) is 5.04. The predicted molar refractivity (Wildman–Crippen MR) is 59.4 cm³/mol. The van der Waals surface area contributed by atoms with Gasteiger partial charge in [-0.2, -0.15) is 0 Å². The molecule has 1 rings (SSSR count). The molecule has 1 aromatic rings. The SMILES string of the molecule is CC(C)(C)c1cnc(C(C)(C)C)nc1. The van der Waals surface area contributed by atoms with Crippen molar-refractivity contribution in [1.82, 2.24) is 9.97 Å². The smallest absolute Gasteiger partial charge is 0.133 e. The molecule has 0 saturated carbocycles. The fraction of sp³-hybridized carbons (Fsp3) is 0.667. The van der Waals surface area contributed by atoms with Crippen LogP contribution in [0, 0.1) is 0 Å². The Kier molecular flexibility index (Phi) is 2.66. The largest absolute Gasteiger partial charge is 0.241 e. The van der Waals surface area contributed by atoms with Crippen molar-refractivity contribution in [2.75, 3.05) is 0 Å². The highest BCUT2D eigenvalue weighted by Gasteiger charge is 2.19. The summed E-state index contributed by atoms with van der Waals surface area (Å²) in [4.78, 5) is 8.81. The Hall–Kier alpha value is -0.920. The zero-order chi connectivity index (χ0) is 11.0. The maximum absolute atomic E-state index is 4.41. The second-order valence-corrected chi connectivity index (χ2v) is 5.80. The molecule has 2 heteroatoms. The van der Waals surface area contributed by atoms with Crippen LogP contribution in [0.15, 0.2) is 12.4 Å². The number of nitrogens with zero attached hydrogens (tertiary/aromatic N) is 2. The quantitative estimate of drug-likeness (QED) is 0.631. The van der Waals surface area contributed by atoms with Crippen LogP contribution in [0.2, 0.25) is 0 Å². The Balaban J connectivity index is 3.02. The molecule has 0 aromatic carbocycles. The molecule has 1 heterocycles. The average Bonchev–Trinajstić information content (AvgIpc) is 2.01. The first-order valence-electron chi connectivity index (χ1n) is 5.04. The topological polar surface area (TPSA) is 25.8 Å². The van der Waals surface area contributed by atoms with E-state index in [2.05, 4.69) is 51.5 Å². The number of rotatable bonds is 0. The van der Waals surface area contributed by atoms with Crippen LogP contribution in [-0.2, 0) is 10.8 Å². The summed E-state index contributed by atoms with van der Waals surface area (Å²) >= 11 is 0. The van der Waals surface area contributed by atoms with Crippen molar-refractivity contribution in [2.45, 2.75) is 52.4 Å². The standard InChI is InChI=1S/C12H20N2/c1-11(2,3)9-7-13-10(14-8-9)12(4,5)6/h7-8H,1-6H3. The Labute approximate surface area is 86.8 Å². The van der Waals surface area contributed by atoms with E-state index < -0.39 is 0 Å². The van der Waals surface area contributed by atoms with Gasteiger partial charge in [-0.3, -0.25) is 0 Å². The van der Waals surface area contributed by atoms with Crippen molar-refractivity contribution < 1.29 is 0 Å². The van der Waals surface area contributed by atoms with Crippen LogP contribution in [-0.4, -0.2) is 9.97 Å². The maximum Gasteiger partial charge on any atom is 0.133 e. The van der Waals surface area contributed by atoms with Crippen molar-refractivity contribution in [3.8, 4) is 0 Å². The van der Waals surface area contributed by atoms with Gasteiger partial charge in [0, 0.05) is 17.8 Å². The summed E-state index contributed by atoms with van der Waals surface area (Å²) in [7, 11) is 0. The van der Waals surface area contributed by atoms with Crippen molar-refractivity contribution in [1.29, 1.82) is 0 Å². The minimum Gasteiger partial charge on any atom is -0.241 e. The molecule has 0 amide bonds. The van der Waals surface area contributed by atoms with Gasteiger partial charge in [0.15, 0.2) is 0 Å². The lowest BCUT2D eigenvalue weighted by molar-refractivity contribution is 0.532. The molecule has 1 aromatic heterocycles. The van der Waals surface area contributed by atoms with Gasteiger partial charge < -0.3 is 0 Å². The van der Waals surface area contributed by atoms with Crippen LogP contribution in [0.1, 0.15) is 52.9 Å². The monoisotopic (exact) mass is 192 g/mol. The molecule has 0 atom stereocenters. The van der Waals surface area contributed by atoms with E-state index in [1.807, 2.05) is 12.4 Å². The predicted octanol–water partition coefficient (Wildman–Crippen LogP) is 3.07. The van der Waals surface area contributed by atoms with E-state index >= 15 is 0 Å². The maximum atomic E-state index is 4.41. The third kappa shape index (κ3) is 2.53. The molecular weight excluding hydrogens is 172 g/mol. The highest BCUT2D eigenvalue weighted by Crippen LogP contribution is 2.22. The molecule has 2 nitrogen and oxygen atoms in total. The lowest BCUT2D eigenvalue weighted by Crippen LogP contribution is -2.18. The van der Waals surface area contributed by atoms with Gasteiger partial charge >= 0.3 is 0 Å². The van der Waals surface area contributed by atoms with E-state index in [9.17, 15) is 0 Å². The molecule has 0 unspecified atom stereocenters. The third-order valence-electron chi connectivity index (χ3n) is 2.19. The van der Waals surface area contributed by atoms with Gasteiger partial charge in [-0.1, -0.05) is 41.5 Å². The van der Waals surface area contributed by atoms with Crippen LogP contribution in [0.3, 0.4) is 0 Å². The highest BCUT2D eigenvalue weighted by atomic mass is 14.9. The summed E-state index contributed by atoms with van der Waals surface area (Å²) in [5.74, 6) is 0.908. The Morgan fingerprint density at radius 1 is 0.786 bits per heavy atom. The van der Waals surface area contributed by atoms with Gasteiger partial charge in [0.1, 0.15) is 5.82 Å². The van der Waals surface area contributed by atoms with E-state index in [-0.39, 0.29) is 10.8 Å². The zero-order valence-corrected chi connectivity index (χ0v) is 10.0. The van der Waals surface area contributed by atoms with E-state index in [1.54, 1.807) is 0 Å². The van der Waals surface area contributed by atoms with Crippen LogP contribution in [0.5, 0.6) is 0 Å². The van der Waals surface area contributed by atoms with E-state index in [0.717, 1.165) is 5.82 Å². The van der Waals surface area contributed by atoms with E-state index in [4.69, 9.17) is 0 Å². The Morgan fingerprint density at radius 2 is 1.21 bits per heavy atom. The van der Waals surface area contributed by atoms with Gasteiger partial charge in [-0.25, -0.2) is 9.97 Å². The molecule has 0 aliphatic rings. The van der Waals surface area contributed by atoms with Gasteiger partial charge in [-0.15, -0.1) is 0 Å². The summed E-state index contributed by atoms with van der Waals surface area (Å²) in [5, 5.41) is 0. The molecule has 0 aliphatic heterocycles. The normalized spacial score (nSPS) is 13.0. The number of aromatic nitrogens is 2. The fourth-order valence-electron chi connectivity index (χ4n) is 1.10. The second kappa shape index (κ2) is 3.34. The van der Waals surface area contributed by atoms with E-state index in [1.165, 1.54) is 5.56 Å². The second-order valence-electron chi connectivity index (χ2n) is 5.80. The highest BCUT2D eigenvalue weighted by molar-refractivity contribution is 5.17. The minimum absolute atomic E-state index is 0.0381. The van der Waals surface area contributed by atoms with Gasteiger partial charge in [-0.05, 0) is 11.0 Å². The molecule has 78 valence electrons. The van der Waals surface area contributed by atoms with Crippen molar-refractivity contribution in [2.24, 2.45) is 0 Å².